The Labute approximate surface area is 60.9 Å². The molecule has 0 spiro atoms. The lowest BCUT2D eigenvalue weighted by atomic mass is 10.2. The molecule has 0 unspecified atom stereocenters. The molecule has 1 saturated heterocycles. The number of hydrogen-bond donors (Lipinski definition) is 2. The summed E-state index contributed by atoms with van der Waals surface area (Å²) in [5, 5.41) is 3.33. The molecule has 1 aliphatic heterocycles. The Morgan fingerprint density at radius 3 is 2.89 bits per heavy atom. The van der Waals surface area contributed by atoms with Gasteiger partial charge in [-0.1, -0.05) is 18.4 Å². The third-order valence-corrected chi connectivity index (χ3v) is 2.17. The second-order valence-electron chi connectivity index (χ2n) is 2.24. The highest BCUT2D eigenvalue weighted by Crippen LogP contribution is 1.98. The second-order valence-corrected chi connectivity index (χ2v) is 3.11. The molecule has 2 nitrogen and oxygen atoms in total. The monoisotopic (exact) mass is 146 g/mol. The molecule has 0 aromatic heterocycles. The van der Waals surface area contributed by atoms with Crippen molar-refractivity contribution in [1.29, 1.82) is 0 Å². The van der Waals surface area contributed by atoms with Crippen molar-refractivity contribution in [2.24, 2.45) is 0 Å². The highest BCUT2D eigenvalue weighted by atomic mass is 32.2. The molecule has 2 N–H and O–H groups in total. The Kier molecular flexibility index (Phi) is 4.17. The first-order valence-electron chi connectivity index (χ1n) is 3.55. The summed E-state index contributed by atoms with van der Waals surface area (Å²) in [6.07, 6.45) is 4.03. The molecule has 0 amide bonds. The Balaban J connectivity index is 2.02. The fourth-order valence-electron chi connectivity index (χ4n) is 0.870. The maximum atomic E-state index is 3.33. The lowest BCUT2D eigenvalue weighted by Crippen LogP contribution is -2.15. The zero-order valence-electron chi connectivity index (χ0n) is 5.65. The first kappa shape index (κ1) is 7.38. The quantitative estimate of drug-likeness (QED) is 0.498. The van der Waals surface area contributed by atoms with Gasteiger partial charge in [0, 0.05) is 6.54 Å². The lowest BCUT2D eigenvalue weighted by Gasteiger charge is -1.98. The summed E-state index contributed by atoms with van der Waals surface area (Å²) in [5.41, 5.74) is 0. The van der Waals surface area contributed by atoms with Crippen LogP contribution >= 0.6 is 11.9 Å². The van der Waals surface area contributed by atoms with E-state index in [1.54, 1.807) is 11.9 Å². The molecule has 0 atom stereocenters. The molecule has 0 aliphatic carbocycles. The minimum absolute atomic E-state index is 1.06. The van der Waals surface area contributed by atoms with Crippen LogP contribution in [0, 0.1) is 0 Å². The van der Waals surface area contributed by atoms with Crippen molar-refractivity contribution in [2.45, 2.75) is 19.3 Å². The predicted octanol–water partition coefficient (Wildman–Crippen LogP) is 0.955. The Morgan fingerprint density at radius 1 is 1.00 bits per heavy atom. The average Bonchev–Trinajstić information content (AvgIpc) is 2.00. The highest BCUT2D eigenvalue weighted by molar-refractivity contribution is 7.97. The summed E-state index contributed by atoms with van der Waals surface area (Å²) in [6.45, 7) is 2.36. The molecule has 0 bridgehead atoms. The molecule has 1 rings (SSSR count). The summed E-state index contributed by atoms with van der Waals surface area (Å²) in [6, 6.07) is 0. The van der Waals surface area contributed by atoms with Crippen molar-refractivity contribution < 1.29 is 0 Å². The van der Waals surface area contributed by atoms with E-state index in [1.807, 2.05) is 0 Å². The molecule has 9 heavy (non-hydrogen) atoms. The van der Waals surface area contributed by atoms with Crippen LogP contribution in [0.5, 0.6) is 0 Å². The zero-order valence-corrected chi connectivity index (χ0v) is 6.47. The summed E-state index contributed by atoms with van der Waals surface area (Å²) in [5.74, 6) is 1.06. The van der Waals surface area contributed by atoms with Crippen molar-refractivity contribution in [3.8, 4) is 0 Å². The fraction of sp³-hybridized carbons (Fsp3) is 1.00. The Hall–Kier alpha value is 0.270. The van der Waals surface area contributed by atoms with Gasteiger partial charge < -0.3 is 5.32 Å². The average molecular weight is 146 g/mol. The fourth-order valence-corrected chi connectivity index (χ4v) is 1.51. The number of nitrogens with one attached hydrogen (secondary N) is 2. The molecule has 1 heterocycles. The summed E-state index contributed by atoms with van der Waals surface area (Å²) in [4.78, 5) is 0. The molecule has 0 radical (unpaired) electrons. The van der Waals surface area contributed by atoms with E-state index in [0.717, 1.165) is 5.88 Å². The molecule has 3 heteroatoms. The van der Waals surface area contributed by atoms with Gasteiger partial charge in [-0.25, -0.2) is 0 Å². The van der Waals surface area contributed by atoms with Crippen LogP contribution in [0.4, 0.5) is 0 Å². The van der Waals surface area contributed by atoms with E-state index in [4.69, 9.17) is 0 Å². The van der Waals surface area contributed by atoms with Gasteiger partial charge in [0.05, 0.1) is 5.88 Å². The van der Waals surface area contributed by atoms with Gasteiger partial charge in [-0.15, -0.1) is 0 Å². The molecule has 0 aromatic carbocycles. The summed E-state index contributed by atoms with van der Waals surface area (Å²) >= 11 is 1.78. The zero-order chi connectivity index (χ0) is 6.36. The van der Waals surface area contributed by atoms with Gasteiger partial charge in [0.15, 0.2) is 0 Å². The van der Waals surface area contributed by atoms with Crippen molar-refractivity contribution in [1.82, 2.24) is 10.0 Å². The molecule has 1 fully saturated rings. The third kappa shape index (κ3) is 3.78. The number of hydrogen-bond acceptors (Lipinski definition) is 3. The van der Waals surface area contributed by atoms with Crippen LogP contribution in [0.15, 0.2) is 0 Å². The molecule has 0 saturated carbocycles. The summed E-state index contributed by atoms with van der Waals surface area (Å²) in [7, 11) is 0. The van der Waals surface area contributed by atoms with Crippen LogP contribution in [0.2, 0.25) is 0 Å². The van der Waals surface area contributed by atoms with E-state index in [9.17, 15) is 0 Å². The van der Waals surface area contributed by atoms with Gasteiger partial charge in [-0.3, -0.25) is 4.72 Å². The van der Waals surface area contributed by atoms with E-state index in [-0.39, 0.29) is 0 Å². The Bertz CT molecular complexity index is 39.5. The van der Waals surface area contributed by atoms with Crippen LogP contribution in [0.1, 0.15) is 19.3 Å². The molecule has 1 aliphatic rings. The second kappa shape index (κ2) is 5.09. The van der Waals surface area contributed by atoms with E-state index >= 15 is 0 Å². The predicted molar refractivity (Wildman–Crippen MR) is 42.3 cm³/mol. The molecule has 54 valence electrons. The SMILES string of the molecule is C1CCNCSNCC1. The molecular formula is C6H14N2S. The van der Waals surface area contributed by atoms with Crippen molar-refractivity contribution in [3.05, 3.63) is 0 Å². The normalized spacial score (nSPS) is 24.0. The largest absolute Gasteiger partial charge is 0.307 e. The van der Waals surface area contributed by atoms with Gasteiger partial charge in [0.25, 0.3) is 0 Å². The van der Waals surface area contributed by atoms with Crippen LogP contribution in [0.3, 0.4) is 0 Å². The number of rotatable bonds is 0. The standard InChI is InChI=1S/C6H14N2S/c1-2-4-7-6-9-8-5-3-1/h7-8H,1-6H2. The first-order chi connectivity index (χ1) is 4.50. The van der Waals surface area contributed by atoms with E-state index in [2.05, 4.69) is 10.0 Å². The maximum absolute atomic E-state index is 3.33. The van der Waals surface area contributed by atoms with E-state index < -0.39 is 0 Å². The van der Waals surface area contributed by atoms with Gasteiger partial charge >= 0.3 is 0 Å². The van der Waals surface area contributed by atoms with Crippen molar-refractivity contribution >= 4 is 11.9 Å². The van der Waals surface area contributed by atoms with Gasteiger partial charge in [-0.05, 0) is 19.4 Å². The van der Waals surface area contributed by atoms with Crippen LogP contribution in [-0.2, 0) is 0 Å². The third-order valence-electron chi connectivity index (χ3n) is 1.41. The van der Waals surface area contributed by atoms with Crippen LogP contribution in [0.25, 0.3) is 0 Å². The van der Waals surface area contributed by atoms with Gasteiger partial charge in [-0.2, -0.15) is 0 Å². The first-order valence-corrected chi connectivity index (χ1v) is 4.54. The topological polar surface area (TPSA) is 24.1 Å². The van der Waals surface area contributed by atoms with Crippen molar-refractivity contribution in [3.63, 3.8) is 0 Å². The van der Waals surface area contributed by atoms with Gasteiger partial charge in [0.1, 0.15) is 0 Å². The lowest BCUT2D eigenvalue weighted by molar-refractivity contribution is 0.646. The van der Waals surface area contributed by atoms with E-state index in [0.29, 0.717) is 0 Å². The van der Waals surface area contributed by atoms with Crippen molar-refractivity contribution in [2.75, 3.05) is 19.0 Å². The van der Waals surface area contributed by atoms with E-state index in [1.165, 1.54) is 32.4 Å². The summed E-state index contributed by atoms with van der Waals surface area (Å²) < 4.78 is 3.28. The van der Waals surface area contributed by atoms with Gasteiger partial charge in [0.2, 0.25) is 0 Å². The minimum Gasteiger partial charge on any atom is -0.307 e. The van der Waals surface area contributed by atoms with Crippen LogP contribution in [-0.4, -0.2) is 19.0 Å². The molecule has 0 aromatic rings. The minimum atomic E-state index is 1.06. The smallest absolute Gasteiger partial charge is 0.0565 e. The maximum Gasteiger partial charge on any atom is 0.0565 e. The highest BCUT2D eigenvalue weighted by Gasteiger charge is 1.93. The Morgan fingerprint density at radius 2 is 1.89 bits per heavy atom. The van der Waals surface area contributed by atoms with Crippen LogP contribution < -0.4 is 10.0 Å². The molecular weight excluding hydrogens is 132 g/mol.